The number of hydrogen-bond acceptors (Lipinski definition) is 4. The summed E-state index contributed by atoms with van der Waals surface area (Å²) in [5, 5.41) is 8.94. The van der Waals surface area contributed by atoms with E-state index < -0.39 is 17.8 Å². The van der Waals surface area contributed by atoms with E-state index in [2.05, 4.69) is 0 Å². The average Bonchev–Trinajstić information content (AvgIpc) is 2.62. The third kappa shape index (κ3) is 1.95. The molecule has 1 aliphatic rings. The normalized spacial score (nSPS) is 15.1. The van der Waals surface area contributed by atoms with Gasteiger partial charge in [-0.15, -0.1) is 0 Å². The number of nitrogens with zero attached hydrogens (tertiary/aromatic N) is 1. The number of imide groups is 1. The smallest absolute Gasteiger partial charge is 0.335 e. The van der Waals surface area contributed by atoms with Gasteiger partial charge in [-0.25, -0.2) is 9.69 Å². The van der Waals surface area contributed by atoms with Gasteiger partial charge < -0.3 is 9.84 Å². The van der Waals surface area contributed by atoms with Crippen LogP contribution >= 0.6 is 0 Å². The molecule has 1 aliphatic heterocycles. The number of rotatable bonds is 3. The summed E-state index contributed by atoms with van der Waals surface area (Å²) in [6.07, 6.45) is 0. The maximum atomic E-state index is 12.1. The van der Waals surface area contributed by atoms with Gasteiger partial charge in [0.15, 0.2) is 0 Å². The molecule has 1 aromatic rings. The number of methoxy groups -OCH3 is 1. The summed E-state index contributed by atoms with van der Waals surface area (Å²) < 4.78 is 5.09. The molecule has 1 N–H and O–H groups in total. The maximum absolute atomic E-state index is 12.1. The first kappa shape index (κ1) is 13.8. The van der Waals surface area contributed by atoms with Crippen LogP contribution in [0.5, 0.6) is 5.75 Å². The molecule has 0 aliphatic carbocycles. The lowest BCUT2D eigenvalue weighted by molar-refractivity contribution is -0.120. The topological polar surface area (TPSA) is 83.9 Å². The third-order valence-corrected chi connectivity index (χ3v) is 3.28. The number of ether oxygens (including phenoxy) is 1. The van der Waals surface area contributed by atoms with Crippen LogP contribution < -0.4 is 9.64 Å². The lowest BCUT2D eigenvalue weighted by Crippen LogP contribution is -2.31. The van der Waals surface area contributed by atoms with Crippen molar-refractivity contribution in [3.63, 3.8) is 0 Å². The Labute approximate surface area is 115 Å². The van der Waals surface area contributed by atoms with Crippen molar-refractivity contribution >= 4 is 23.5 Å². The first-order valence-electron chi connectivity index (χ1n) is 5.86. The fourth-order valence-corrected chi connectivity index (χ4v) is 1.96. The zero-order valence-electron chi connectivity index (χ0n) is 11.3. The standard InChI is InChI=1S/C14H13NO5/c1-7-8(2)13(17)15(12(7)16)10-5-4-9(14(18)19)6-11(10)20-3/h4-6H,1-3H3,(H,18,19). The van der Waals surface area contributed by atoms with Crippen LogP contribution in [-0.2, 0) is 9.59 Å². The summed E-state index contributed by atoms with van der Waals surface area (Å²) >= 11 is 0. The van der Waals surface area contributed by atoms with E-state index >= 15 is 0 Å². The van der Waals surface area contributed by atoms with Gasteiger partial charge in [0.25, 0.3) is 11.8 Å². The van der Waals surface area contributed by atoms with E-state index in [9.17, 15) is 14.4 Å². The lowest BCUT2D eigenvalue weighted by Gasteiger charge is -2.18. The summed E-state index contributed by atoms with van der Waals surface area (Å²) in [5.74, 6) is -1.80. The van der Waals surface area contributed by atoms with Gasteiger partial charge in [0.05, 0.1) is 18.4 Å². The van der Waals surface area contributed by atoms with Gasteiger partial charge in [0.1, 0.15) is 5.75 Å². The molecule has 20 heavy (non-hydrogen) atoms. The van der Waals surface area contributed by atoms with E-state index in [-0.39, 0.29) is 17.0 Å². The number of benzene rings is 1. The largest absolute Gasteiger partial charge is 0.495 e. The first-order valence-corrected chi connectivity index (χ1v) is 5.86. The molecule has 0 fully saturated rings. The van der Waals surface area contributed by atoms with Crippen LogP contribution in [0.2, 0.25) is 0 Å². The fourth-order valence-electron chi connectivity index (χ4n) is 1.96. The highest BCUT2D eigenvalue weighted by atomic mass is 16.5. The van der Waals surface area contributed by atoms with E-state index in [1.54, 1.807) is 13.8 Å². The van der Waals surface area contributed by atoms with Crippen LogP contribution in [0.15, 0.2) is 29.3 Å². The maximum Gasteiger partial charge on any atom is 0.335 e. The first-order chi connectivity index (χ1) is 9.38. The second kappa shape index (κ2) is 4.80. The van der Waals surface area contributed by atoms with Crippen molar-refractivity contribution in [2.75, 3.05) is 12.0 Å². The summed E-state index contributed by atoms with van der Waals surface area (Å²) in [4.78, 5) is 36.1. The zero-order valence-corrected chi connectivity index (χ0v) is 11.3. The molecule has 2 rings (SSSR count). The molecule has 0 unspecified atom stereocenters. The SMILES string of the molecule is COc1cc(C(=O)O)ccc1N1C(=O)C(C)=C(C)C1=O. The minimum atomic E-state index is -1.11. The number of carbonyl (C=O) groups excluding carboxylic acids is 2. The Morgan fingerprint density at radius 2 is 1.70 bits per heavy atom. The summed E-state index contributed by atoms with van der Waals surface area (Å²) in [5.41, 5.74) is 1.01. The van der Waals surface area contributed by atoms with Crippen LogP contribution in [0.4, 0.5) is 5.69 Å². The number of aromatic carboxylic acids is 1. The van der Waals surface area contributed by atoms with Gasteiger partial charge >= 0.3 is 5.97 Å². The molecule has 0 saturated carbocycles. The van der Waals surface area contributed by atoms with Crippen LogP contribution in [0.25, 0.3) is 0 Å². The van der Waals surface area contributed by atoms with Gasteiger partial charge in [-0.2, -0.15) is 0 Å². The molecule has 0 saturated heterocycles. The Morgan fingerprint density at radius 3 is 2.15 bits per heavy atom. The van der Waals surface area contributed by atoms with E-state index in [1.165, 1.54) is 25.3 Å². The van der Waals surface area contributed by atoms with Crippen molar-refractivity contribution in [2.45, 2.75) is 13.8 Å². The molecule has 2 amide bonds. The fraction of sp³-hybridized carbons (Fsp3) is 0.214. The molecule has 0 bridgehead atoms. The number of carboxylic acids is 1. The molecule has 1 heterocycles. The van der Waals surface area contributed by atoms with Gasteiger partial charge in [0, 0.05) is 11.1 Å². The second-order valence-electron chi connectivity index (χ2n) is 4.39. The predicted molar refractivity (Wildman–Crippen MR) is 70.8 cm³/mol. The number of carboxylic acid groups (broad SMARTS) is 1. The van der Waals surface area contributed by atoms with Crippen LogP contribution in [0, 0.1) is 0 Å². The predicted octanol–water partition coefficient (Wildman–Crippen LogP) is 1.60. The molecule has 6 heteroatoms. The molecular formula is C14H13NO5. The van der Waals surface area contributed by atoms with Gasteiger partial charge in [0.2, 0.25) is 0 Å². The summed E-state index contributed by atoms with van der Waals surface area (Å²) in [6, 6.07) is 3.99. The van der Waals surface area contributed by atoms with Crippen molar-refractivity contribution in [3.8, 4) is 5.75 Å². The van der Waals surface area contributed by atoms with E-state index in [0.29, 0.717) is 11.1 Å². The number of hydrogen-bond donors (Lipinski definition) is 1. The highest BCUT2D eigenvalue weighted by Gasteiger charge is 2.36. The van der Waals surface area contributed by atoms with Crippen LogP contribution in [0.1, 0.15) is 24.2 Å². The number of carbonyl (C=O) groups is 3. The summed E-state index contributed by atoms with van der Waals surface area (Å²) in [6.45, 7) is 3.15. The molecule has 6 nitrogen and oxygen atoms in total. The van der Waals surface area contributed by atoms with E-state index in [0.717, 1.165) is 4.90 Å². The Bertz CT molecular complexity index is 636. The van der Waals surface area contributed by atoms with Crippen molar-refractivity contribution in [1.29, 1.82) is 0 Å². The Balaban J connectivity index is 2.52. The minimum absolute atomic E-state index is 0.0195. The van der Waals surface area contributed by atoms with Crippen molar-refractivity contribution < 1.29 is 24.2 Å². The average molecular weight is 275 g/mol. The highest BCUT2D eigenvalue weighted by Crippen LogP contribution is 2.34. The summed E-state index contributed by atoms with van der Waals surface area (Å²) in [7, 11) is 1.35. The van der Waals surface area contributed by atoms with Gasteiger partial charge in [-0.3, -0.25) is 9.59 Å². The minimum Gasteiger partial charge on any atom is -0.495 e. The molecule has 1 aromatic carbocycles. The van der Waals surface area contributed by atoms with Crippen LogP contribution in [-0.4, -0.2) is 30.0 Å². The van der Waals surface area contributed by atoms with E-state index in [4.69, 9.17) is 9.84 Å². The second-order valence-corrected chi connectivity index (χ2v) is 4.39. The van der Waals surface area contributed by atoms with Gasteiger partial charge in [-0.05, 0) is 32.0 Å². The monoisotopic (exact) mass is 275 g/mol. The van der Waals surface area contributed by atoms with Crippen LogP contribution in [0.3, 0.4) is 0 Å². The molecular weight excluding hydrogens is 262 g/mol. The van der Waals surface area contributed by atoms with Crippen molar-refractivity contribution in [2.24, 2.45) is 0 Å². The third-order valence-electron chi connectivity index (χ3n) is 3.28. The lowest BCUT2D eigenvalue weighted by atomic mass is 10.1. The van der Waals surface area contributed by atoms with Crippen molar-refractivity contribution in [1.82, 2.24) is 0 Å². The van der Waals surface area contributed by atoms with Gasteiger partial charge in [-0.1, -0.05) is 0 Å². The molecule has 0 aromatic heterocycles. The molecule has 0 spiro atoms. The molecule has 104 valence electrons. The Hall–Kier alpha value is -2.63. The quantitative estimate of drug-likeness (QED) is 0.847. The number of amides is 2. The highest BCUT2D eigenvalue weighted by molar-refractivity contribution is 6.33. The van der Waals surface area contributed by atoms with Crippen molar-refractivity contribution in [3.05, 3.63) is 34.9 Å². The molecule has 0 atom stereocenters. The number of anilines is 1. The Morgan fingerprint density at radius 1 is 1.15 bits per heavy atom. The van der Waals surface area contributed by atoms with E-state index in [1.807, 2.05) is 0 Å². The Kier molecular flexibility index (Phi) is 3.31. The zero-order chi connectivity index (χ0) is 15.0. The molecule has 0 radical (unpaired) electrons.